The minimum Gasteiger partial charge on any atom is -0.493 e. The molecule has 0 radical (unpaired) electrons. The van der Waals surface area contributed by atoms with E-state index in [1.54, 1.807) is 72.6 Å². The third-order valence-electron chi connectivity index (χ3n) is 12.9. The Bertz CT molecular complexity index is 2810. The number of nitrogens with zero attached hydrogens (tertiary/aromatic N) is 8. The number of aromatic nitrogens is 2. The molecule has 4 aliphatic heterocycles. The van der Waals surface area contributed by atoms with Crippen LogP contribution in [0.4, 0.5) is 29.5 Å². The van der Waals surface area contributed by atoms with Crippen LogP contribution in [0.2, 0.25) is 0 Å². The molecule has 0 unspecified atom stereocenters. The van der Waals surface area contributed by atoms with Gasteiger partial charge >= 0.3 is 6.03 Å². The van der Waals surface area contributed by atoms with E-state index in [1.165, 1.54) is 28.8 Å². The van der Waals surface area contributed by atoms with Gasteiger partial charge in [0.25, 0.3) is 17.7 Å². The molecule has 9 rings (SSSR count). The number of anilines is 2. The fraction of sp³-hybridized carbons (Fsp3) is 0.375. The van der Waals surface area contributed by atoms with Crippen molar-refractivity contribution in [1.29, 1.82) is 5.26 Å². The van der Waals surface area contributed by atoms with Crippen molar-refractivity contribution < 1.29 is 46.6 Å². The number of nitrogens with one attached hydrogen (secondary N) is 1. The molecule has 0 saturated carbocycles. The molecule has 0 spiro atoms. The Morgan fingerprint density at radius 2 is 1.66 bits per heavy atom. The van der Waals surface area contributed by atoms with Gasteiger partial charge in [-0.1, -0.05) is 18.2 Å². The summed E-state index contributed by atoms with van der Waals surface area (Å²) in [7, 11) is 3.17. The Kier molecular flexibility index (Phi) is 12.3. The minimum atomic E-state index is -2.99. The maximum Gasteiger partial charge on any atom is 0.329 e. The predicted octanol–water partition coefficient (Wildman–Crippen LogP) is 6.64. The van der Waals surface area contributed by atoms with Crippen LogP contribution in [0, 0.1) is 17.1 Å². The second kappa shape index (κ2) is 18.2. The SMILES string of the molecule is CCOc1cc([C@@H](CC#N)N2C(=O)c3ccc(N4CCN([C@H]5CCN(Cc6ccc(Oc7cc8c(cc7F)c(N7CCC(=O)NC7=O)nn8C)cc6)CC5(F)F)CC4)cc3C2=O)ccc1OC. The van der Waals surface area contributed by atoms with Crippen molar-refractivity contribution in [2.45, 2.75) is 50.7 Å². The summed E-state index contributed by atoms with van der Waals surface area (Å²) in [5.74, 6) is -3.65. The van der Waals surface area contributed by atoms with Gasteiger partial charge in [0.15, 0.2) is 28.9 Å². The summed E-state index contributed by atoms with van der Waals surface area (Å²) >= 11 is 0. The first kappa shape index (κ1) is 45.0. The number of imide groups is 2. The smallest absolute Gasteiger partial charge is 0.329 e. The van der Waals surface area contributed by atoms with E-state index in [9.17, 15) is 24.4 Å². The minimum absolute atomic E-state index is 0.0642. The number of fused-ring (bicyclic) bond motifs is 2. The number of hydrogen-bond donors (Lipinski definition) is 1. The van der Waals surface area contributed by atoms with Gasteiger partial charge < -0.3 is 19.1 Å². The van der Waals surface area contributed by atoms with Gasteiger partial charge in [0.1, 0.15) is 5.75 Å². The molecule has 19 heteroatoms. The zero-order chi connectivity index (χ0) is 47.1. The number of likely N-dealkylation sites (tertiary alicyclic amines) is 1. The molecular weight excluding hydrogens is 872 g/mol. The average Bonchev–Trinajstić information content (AvgIpc) is 3.75. The van der Waals surface area contributed by atoms with E-state index in [0.717, 1.165) is 10.5 Å². The maximum atomic E-state index is 16.0. The van der Waals surface area contributed by atoms with Crippen LogP contribution in [0.25, 0.3) is 10.9 Å². The molecule has 67 heavy (non-hydrogen) atoms. The quantitative estimate of drug-likeness (QED) is 0.125. The van der Waals surface area contributed by atoms with Crippen LogP contribution in [0.1, 0.15) is 64.1 Å². The summed E-state index contributed by atoms with van der Waals surface area (Å²) in [6.45, 7) is 4.28. The normalized spacial score (nSPS) is 19.4. The zero-order valence-electron chi connectivity index (χ0n) is 37.1. The number of halogens is 3. The second-order valence-electron chi connectivity index (χ2n) is 17.0. The van der Waals surface area contributed by atoms with Crippen molar-refractivity contribution in [3.05, 3.63) is 101 Å². The highest BCUT2D eigenvalue weighted by atomic mass is 19.3. The average molecular weight is 920 g/mol. The number of urea groups is 1. The molecule has 4 aromatic carbocycles. The van der Waals surface area contributed by atoms with Crippen LogP contribution >= 0.6 is 0 Å². The maximum absolute atomic E-state index is 16.0. The van der Waals surface area contributed by atoms with E-state index in [0.29, 0.717) is 78.7 Å². The van der Waals surface area contributed by atoms with E-state index in [4.69, 9.17) is 14.2 Å². The molecule has 3 fully saturated rings. The fourth-order valence-electron chi connectivity index (χ4n) is 9.55. The number of piperidine rings is 1. The standard InChI is InChI=1S/C48H48F3N9O7/c1-4-66-41-23-30(7-12-39(41)65-3)37(13-16-52)60-45(62)33-11-8-31(24-34(33)46(60)63)57-19-21-58(22-20-57)42-14-17-56(28-48(42,50)51)27-29-5-9-32(10-6-29)67-40-26-38-35(25-36(40)49)44(54-55(38)2)59-18-15-43(61)53-47(59)64/h5-12,23-26,37,42H,4,13-15,17-22,27-28H2,1-3H3,(H,53,61,64)/t37-,42+/m1/s1. The van der Waals surface area contributed by atoms with Crippen molar-refractivity contribution in [1.82, 2.24) is 29.8 Å². The number of methoxy groups -OCH3 is 1. The number of ether oxygens (including phenoxy) is 3. The van der Waals surface area contributed by atoms with Gasteiger partial charge in [0, 0.05) is 76.4 Å². The second-order valence-corrected chi connectivity index (χ2v) is 17.0. The van der Waals surface area contributed by atoms with E-state index < -0.39 is 54.1 Å². The molecule has 0 bridgehead atoms. The number of aryl methyl sites for hydroxylation is 1. The number of benzene rings is 4. The van der Waals surface area contributed by atoms with Gasteiger partial charge in [-0.05, 0) is 73.0 Å². The number of amides is 5. The summed E-state index contributed by atoms with van der Waals surface area (Å²) in [5.41, 5.74) is 3.02. The first-order chi connectivity index (χ1) is 32.3. The number of piperazine rings is 1. The molecule has 1 aromatic heterocycles. The number of nitriles is 1. The van der Waals surface area contributed by atoms with Gasteiger partial charge in [0.05, 0.1) is 61.5 Å². The van der Waals surface area contributed by atoms with Crippen LogP contribution < -0.4 is 29.3 Å². The molecule has 3 saturated heterocycles. The first-order valence-corrected chi connectivity index (χ1v) is 22.1. The number of carbonyl (C=O) groups is 4. The van der Waals surface area contributed by atoms with Crippen molar-refractivity contribution in [2.75, 3.05) is 69.3 Å². The van der Waals surface area contributed by atoms with Gasteiger partial charge in [-0.3, -0.25) is 44.0 Å². The Morgan fingerprint density at radius 3 is 2.36 bits per heavy atom. The highest BCUT2D eigenvalue weighted by Gasteiger charge is 2.48. The summed E-state index contributed by atoms with van der Waals surface area (Å²) in [6, 6.07) is 19.4. The van der Waals surface area contributed by atoms with Crippen LogP contribution in [0.3, 0.4) is 0 Å². The Morgan fingerprint density at radius 1 is 0.896 bits per heavy atom. The van der Waals surface area contributed by atoms with Crippen LogP contribution in [0.5, 0.6) is 23.0 Å². The van der Waals surface area contributed by atoms with E-state index in [1.807, 2.05) is 16.7 Å². The Balaban J connectivity index is 0.793. The van der Waals surface area contributed by atoms with E-state index >= 15 is 13.2 Å². The lowest BCUT2D eigenvalue weighted by Gasteiger charge is -2.46. The molecule has 5 aromatic rings. The zero-order valence-corrected chi connectivity index (χ0v) is 37.1. The summed E-state index contributed by atoms with van der Waals surface area (Å²) in [5, 5.41) is 16.7. The van der Waals surface area contributed by atoms with Crippen LogP contribution in [-0.4, -0.2) is 120 Å². The number of carbonyl (C=O) groups excluding carboxylic acids is 4. The Hall–Kier alpha value is -7.17. The monoisotopic (exact) mass is 919 g/mol. The predicted molar refractivity (Wildman–Crippen MR) is 239 cm³/mol. The van der Waals surface area contributed by atoms with Crippen LogP contribution in [-0.2, 0) is 18.4 Å². The van der Waals surface area contributed by atoms with Gasteiger partial charge in [-0.25, -0.2) is 18.0 Å². The Labute approximate surface area is 383 Å². The molecule has 2 atom stereocenters. The third-order valence-corrected chi connectivity index (χ3v) is 12.9. The van der Waals surface area contributed by atoms with E-state index in [-0.39, 0.29) is 55.0 Å². The summed E-state index contributed by atoms with van der Waals surface area (Å²) < 4.78 is 65.8. The molecule has 16 nitrogen and oxygen atoms in total. The van der Waals surface area contributed by atoms with E-state index in [2.05, 4.69) is 16.5 Å². The van der Waals surface area contributed by atoms with Crippen molar-refractivity contribution in [3.63, 3.8) is 0 Å². The lowest BCUT2D eigenvalue weighted by atomic mass is 9.97. The van der Waals surface area contributed by atoms with Gasteiger partial charge in [-0.2, -0.15) is 10.4 Å². The fourth-order valence-corrected chi connectivity index (χ4v) is 9.55. The highest BCUT2D eigenvalue weighted by molar-refractivity contribution is 6.22. The topological polar surface area (TPSA) is 166 Å². The number of rotatable bonds is 13. The summed E-state index contributed by atoms with van der Waals surface area (Å²) in [6.07, 6.45) is 0.235. The van der Waals surface area contributed by atoms with Crippen molar-refractivity contribution in [3.8, 4) is 29.1 Å². The highest BCUT2D eigenvalue weighted by Crippen LogP contribution is 2.40. The third kappa shape index (κ3) is 8.69. The largest absolute Gasteiger partial charge is 0.493 e. The van der Waals surface area contributed by atoms with Gasteiger partial charge in [0.2, 0.25) is 5.91 Å². The number of alkyl halides is 2. The molecule has 0 aliphatic carbocycles. The molecule has 348 valence electrons. The molecule has 1 N–H and O–H groups in total. The van der Waals surface area contributed by atoms with Crippen LogP contribution in [0.15, 0.2) is 72.8 Å². The molecule has 5 amide bonds. The summed E-state index contributed by atoms with van der Waals surface area (Å²) in [4.78, 5) is 59.7. The van der Waals surface area contributed by atoms with Crippen molar-refractivity contribution >= 4 is 46.2 Å². The van der Waals surface area contributed by atoms with Crippen molar-refractivity contribution in [2.24, 2.45) is 7.05 Å². The lowest BCUT2D eigenvalue weighted by molar-refractivity contribution is -0.129. The molecular formula is C48H48F3N9O7. The van der Waals surface area contributed by atoms with Gasteiger partial charge in [-0.15, -0.1) is 0 Å². The number of hydrogen-bond acceptors (Lipinski definition) is 12. The lowest BCUT2D eigenvalue weighted by Crippen LogP contribution is -2.61. The molecule has 5 heterocycles. The molecule has 4 aliphatic rings. The first-order valence-electron chi connectivity index (χ1n) is 22.1.